The van der Waals surface area contributed by atoms with Crippen LogP contribution in [-0.2, 0) is 11.4 Å². The number of rotatable bonds is 4. The maximum absolute atomic E-state index is 13.1. The molecule has 6 heteroatoms. The molecule has 1 aromatic carbocycles. The van der Waals surface area contributed by atoms with E-state index in [9.17, 15) is 4.39 Å². The van der Waals surface area contributed by atoms with Crippen LogP contribution < -0.4 is 0 Å². The van der Waals surface area contributed by atoms with E-state index in [4.69, 9.17) is 4.74 Å². The first-order chi connectivity index (χ1) is 12.3. The Labute approximate surface area is 145 Å². The van der Waals surface area contributed by atoms with Crippen LogP contribution in [0.15, 0.2) is 61.1 Å². The Bertz CT molecular complexity index is 819. The number of halogens is 1. The third-order valence-electron chi connectivity index (χ3n) is 4.42. The molecule has 128 valence electrons. The Morgan fingerprint density at radius 1 is 1.04 bits per heavy atom. The van der Waals surface area contributed by atoms with Gasteiger partial charge >= 0.3 is 0 Å². The van der Waals surface area contributed by atoms with Crippen LogP contribution in [0.5, 0.6) is 0 Å². The van der Waals surface area contributed by atoms with Crippen molar-refractivity contribution in [3.8, 4) is 11.3 Å². The van der Waals surface area contributed by atoms with Crippen molar-refractivity contribution < 1.29 is 9.13 Å². The summed E-state index contributed by atoms with van der Waals surface area (Å²) in [6.45, 7) is 2.92. The van der Waals surface area contributed by atoms with Gasteiger partial charge < -0.3 is 4.74 Å². The largest absolute Gasteiger partial charge is 0.371 e. The highest BCUT2D eigenvalue weighted by molar-refractivity contribution is 5.58. The van der Waals surface area contributed by atoms with Gasteiger partial charge in [0.05, 0.1) is 25.1 Å². The Morgan fingerprint density at radius 2 is 1.84 bits per heavy atom. The summed E-state index contributed by atoms with van der Waals surface area (Å²) in [6, 6.07) is 12.5. The molecule has 1 fully saturated rings. The van der Waals surface area contributed by atoms with Crippen LogP contribution in [0.2, 0.25) is 0 Å². The van der Waals surface area contributed by atoms with Gasteiger partial charge in [-0.3, -0.25) is 14.6 Å². The highest BCUT2D eigenvalue weighted by Gasteiger charge is 2.23. The van der Waals surface area contributed by atoms with Crippen molar-refractivity contribution in [2.24, 2.45) is 0 Å². The summed E-state index contributed by atoms with van der Waals surface area (Å²) in [6.07, 6.45) is 5.33. The molecule has 0 bridgehead atoms. The maximum Gasteiger partial charge on any atom is 0.123 e. The second-order valence-corrected chi connectivity index (χ2v) is 6.08. The molecule has 0 N–H and O–H groups in total. The Kier molecular flexibility index (Phi) is 4.54. The summed E-state index contributed by atoms with van der Waals surface area (Å²) in [5.41, 5.74) is 3.16. The molecule has 1 saturated heterocycles. The molecule has 0 aliphatic carbocycles. The number of morpholine rings is 1. The van der Waals surface area contributed by atoms with E-state index in [1.54, 1.807) is 24.5 Å². The highest BCUT2D eigenvalue weighted by Crippen LogP contribution is 2.24. The van der Waals surface area contributed by atoms with Gasteiger partial charge in [0.1, 0.15) is 5.82 Å². The van der Waals surface area contributed by atoms with E-state index >= 15 is 0 Å². The van der Waals surface area contributed by atoms with Crippen molar-refractivity contribution in [3.05, 3.63) is 72.4 Å². The average molecular weight is 338 g/mol. The summed E-state index contributed by atoms with van der Waals surface area (Å²) >= 11 is 0. The van der Waals surface area contributed by atoms with Crippen molar-refractivity contribution in [2.45, 2.75) is 12.8 Å². The zero-order valence-electron chi connectivity index (χ0n) is 13.8. The average Bonchev–Trinajstić information content (AvgIpc) is 3.11. The van der Waals surface area contributed by atoms with E-state index in [-0.39, 0.29) is 11.9 Å². The summed E-state index contributed by atoms with van der Waals surface area (Å²) in [5.74, 6) is -0.227. The zero-order valence-corrected chi connectivity index (χ0v) is 13.8. The lowest BCUT2D eigenvalue weighted by atomic mass is 10.1. The third kappa shape index (κ3) is 3.60. The van der Waals surface area contributed by atoms with Gasteiger partial charge in [-0.05, 0) is 35.9 Å². The molecule has 0 spiro atoms. The van der Waals surface area contributed by atoms with Crippen molar-refractivity contribution >= 4 is 0 Å². The SMILES string of the molecule is Fc1ccc([C@H]2CN(Cn3nccc3-c3ccncc3)CCO2)cc1. The number of hydrogen-bond acceptors (Lipinski definition) is 4. The summed E-state index contributed by atoms with van der Waals surface area (Å²) < 4.78 is 21.0. The van der Waals surface area contributed by atoms with Crippen LogP contribution in [0.1, 0.15) is 11.7 Å². The number of aromatic nitrogens is 3. The predicted octanol–water partition coefficient (Wildman–Crippen LogP) is 3.12. The molecule has 1 atom stereocenters. The minimum Gasteiger partial charge on any atom is -0.371 e. The number of hydrogen-bond donors (Lipinski definition) is 0. The Hall–Kier alpha value is -2.57. The topological polar surface area (TPSA) is 43.2 Å². The van der Waals surface area contributed by atoms with Gasteiger partial charge in [-0.1, -0.05) is 12.1 Å². The number of pyridine rings is 1. The van der Waals surface area contributed by atoms with Crippen LogP contribution >= 0.6 is 0 Å². The molecule has 0 amide bonds. The second kappa shape index (κ2) is 7.13. The van der Waals surface area contributed by atoms with Gasteiger partial charge in [0.15, 0.2) is 0 Å². The third-order valence-corrected chi connectivity index (χ3v) is 4.42. The van der Waals surface area contributed by atoms with Gasteiger partial charge in [0, 0.05) is 37.2 Å². The van der Waals surface area contributed by atoms with Gasteiger partial charge in [0.2, 0.25) is 0 Å². The molecule has 5 nitrogen and oxygen atoms in total. The minimum absolute atomic E-state index is 0.0470. The van der Waals surface area contributed by atoms with Crippen LogP contribution in [0, 0.1) is 5.82 Å². The molecule has 25 heavy (non-hydrogen) atoms. The van der Waals surface area contributed by atoms with Crippen LogP contribution in [0.3, 0.4) is 0 Å². The highest BCUT2D eigenvalue weighted by atomic mass is 19.1. The molecule has 0 saturated carbocycles. The van der Waals surface area contributed by atoms with E-state index in [0.717, 1.165) is 29.9 Å². The molecular weight excluding hydrogens is 319 g/mol. The Morgan fingerprint density at radius 3 is 2.64 bits per heavy atom. The molecule has 0 radical (unpaired) electrons. The molecule has 1 aliphatic heterocycles. The minimum atomic E-state index is -0.227. The van der Waals surface area contributed by atoms with Crippen LogP contribution in [0.4, 0.5) is 4.39 Å². The first-order valence-electron chi connectivity index (χ1n) is 8.31. The van der Waals surface area contributed by atoms with Crippen LogP contribution in [0.25, 0.3) is 11.3 Å². The normalized spacial score (nSPS) is 18.4. The van der Waals surface area contributed by atoms with E-state index in [2.05, 4.69) is 15.0 Å². The van der Waals surface area contributed by atoms with Crippen molar-refractivity contribution in [2.75, 3.05) is 19.7 Å². The summed E-state index contributed by atoms with van der Waals surface area (Å²) in [7, 11) is 0. The summed E-state index contributed by atoms with van der Waals surface area (Å²) in [5, 5.41) is 4.46. The number of nitrogens with zero attached hydrogens (tertiary/aromatic N) is 4. The van der Waals surface area contributed by atoms with Crippen molar-refractivity contribution in [1.29, 1.82) is 0 Å². The molecule has 2 aromatic heterocycles. The quantitative estimate of drug-likeness (QED) is 0.733. The standard InChI is InChI=1S/C19H19FN4O/c20-17-3-1-16(2-4-17)19-13-23(11-12-25-19)14-24-18(7-10-22-24)15-5-8-21-9-6-15/h1-10,19H,11-14H2/t19-/m1/s1. The summed E-state index contributed by atoms with van der Waals surface area (Å²) in [4.78, 5) is 6.37. The molecule has 3 aromatic rings. The van der Waals surface area contributed by atoms with E-state index in [1.165, 1.54) is 12.1 Å². The van der Waals surface area contributed by atoms with Gasteiger partial charge in [0.25, 0.3) is 0 Å². The fourth-order valence-corrected chi connectivity index (χ4v) is 3.11. The van der Waals surface area contributed by atoms with E-state index in [0.29, 0.717) is 13.3 Å². The predicted molar refractivity (Wildman–Crippen MR) is 92.1 cm³/mol. The second-order valence-electron chi connectivity index (χ2n) is 6.08. The fourth-order valence-electron chi connectivity index (χ4n) is 3.11. The van der Waals surface area contributed by atoms with Crippen LogP contribution in [-0.4, -0.2) is 39.4 Å². The molecular formula is C19H19FN4O. The van der Waals surface area contributed by atoms with E-state index < -0.39 is 0 Å². The molecule has 4 rings (SSSR count). The fraction of sp³-hybridized carbons (Fsp3) is 0.263. The number of benzene rings is 1. The monoisotopic (exact) mass is 338 g/mol. The lowest BCUT2D eigenvalue weighted by Gasteiger charge is -2.33. The number of ether oxygens (including phenoxy) is 1. The van der Waals surface area contributed by atoms with Crippen molar-refractivity contribution in [3.63, 3.8) is 0 Å². The first kappa shape index (κ1) is 15.9. The molecule has 3 heterocycles. The smallest absolute Gasteiger partial charge is 0.123 e. The Balaban J connectivity index is 1.48. The van der Waals surface area contributed by atoms with E-state index in [1.807, 2.05) is 29.1 Å². The van der Waals surface area contributed by atoms with Crippen molar-refractivity contribution in [1.82, 2.24) is 19.7 Å². The maximum atomic E-state index is 13.1. The van der Waals surface area contributed by atoms with Gasteiger partial charge in [-0.15, -0.1) is 0 Å². The molecule has 1 aliphatic rings. The zero-order chi connectivity index (χ0) is 17.1. The lowest BCUT2D eigenvalue weighted by Crippen LogP contribution is -2.39. The van der Waals surface area contributed by atoms with Gasteiger partial charge in [-0.25, -0.2) is 4.39 Å². The van der Waals surface area contributed by atoms with Gasteiger partial charge in [-0.2, -0.15) is 5.10 Å². The molecule has 0 unspecified atom stereocenters. The lowest BCUT2D eigenvalue weighted by molar-refractivity contribution is -0.0414. The first-order valence-corrected chi connectivity index (χ1v) is 8.31.